The fourth-order valence-corrected chi connectivity index (χ4v) is 5.65. The molecule has 0 bridgehead atoms. The summed E-state index contributed by atoms with van der Waals surface area (Å²) in [5.41, 5.74) is 1.84. The molecule has 160 valence electrons. The van der Waals surface area contributed by atoms with Gasteiger partial charge in [-0.05, 0) is 66.4 Å². The average molecular weight is 478 g/mol. The molecule has 0 amide bonds. The molecule has 0 aliphatic carbocycles. The highest BCUT2D eigenvalue weighted by Gasteiger charge is 2.29. The maximum atomic E-state index is 14.1. The van der Waals surface area contributed by atoms with Crippen molar-refractivity contribution in [2.75, 3.05) is 10.8 Å². The quantitative estimate of drug-likeness (QED) is 0.442. The normalized spacial score (nSPS) is 13.7. The van der Waals surface area contributed by atoms with Crippen LogP contribution in [-0.4, -0.2) is 20.7 Å². The second kappa shape index (κ2) is 8.61. The molecular formula is C23H18Cl2FNO3S. The monoisotopic (exact) mass is 477 g/mol. The maximum Gasteiger partial charge on any atom is 0.264 e. The molecule has 3 aromatic carbocycles. The van der Waals surface area contributed by atoms with Crippen LogP contribution in [0.2, 0.25) is 10.0 Å². The van der Waals surface area contributed by atoms with E-state index in [4.69, 9.17) is 23.2 Å². The van der Waals surface area contributed by atoms with Crippen molar-refractivity contribution in [1.82, 2.24) is 0 Å². The number of sulfonamides is 1. The molecule has 0 unspecified atom stereocenters. The van der Waals surface area contributed by atoms with E-state index < -0.39 is 21.6 Å². The molecule has 0 saturated heterocycles. The van der Waals surface area contributed by atoms with E-state index in [1.54, 1.807) is 12.1 Å². The first-order chi connectivity index (χ1) is 14.8. The molecule has 1 aliphatic rings. The highest BCUT2D eigenvalue weighted by atomic mass is 35.5. The first-order valence-electron chi connectivity index (χ1n) is 9.65. The Morgan fingerprint density at radius 2 is 1.77 bits per heavy atom. The lowest BCUT2D eigenvalue weighted by molar-refractivity contribution is 0.0989. The number of hydrogen-bond donors (Lipinski definition) is 0. The zero-order chi connectivity index (χ0) is 22.2. The number of carbonyl (C=O) groups excluding carboxylic acids is 1. The van der Waals surface area contributed by atoms with Crippen LogP contribution in [0.25, 0.3) is 0 Å². The van der Waals surface area contributed by atoms with Crippen LogP contribution < -0.4 is 4.31 Å². The topological polar surface area (TPSA) is 54.5 Å². The summed E-state index contributed by atoms with van der Waals surface area (Å²) in [5.74, 6) is -1.15. The summed E-state index contributed by atoms with van der Waals surface area (Å²) in [7, 11) is -3.79. The molecular weight excluding hydrogens is 460 g/mol. The lowest BCUT2D eigenvalue weighted by atomic mass is 9.97. The Hall–Kier alpha value is -2.41. The molecule has 0 spiro atoms. The molecule has 0 atom stereocenters. The fourth-order valence-electron chi connectivity index (χ4n) is 3.72. The Kier molecular flexibility index (Phi) is 6.06. The lowest BCUT2D eigenvalue weighted by Gasteiger charge is -2.31. The van der Waals surface area contributed by atoms with Crippen LogP contribution in [-0.2, 0) is 22.9 Å². The predicted molar refractivity (Wildman–Crippen MR) is 120 cm³/mol. The van der Waals surface area contributed by atoms with E-state index in [1.807, 2.05) is 6.07 Å². The van der Waals surface area contributed by atoms with Crippen LogP contribution in [0.5, 0.6) is 0 Å². The summed E-state index contributed by atoms with van der Waals surface area (Å²) >= 11 is 11.9. The molecule has 0 N–H and O–H groups in total. The van der Waals surface area contributed by atoms with Crippen molar-refractivity contribution in [2.24, 2.45) is 0 Å². The largest absolute Gasteiger partial charge is 0.294 e. The van der Waals surface area contributed by atoms with Gasteiger partial charge in [-0.3, -0.25) is 9.10 Å². The van der Waals surface area contributed by atoms with Crippen LogP contribution in [0.1, 0.15) is 27.9 Å². The van der Waals surface area contributed by atoms with Crippen molar-refractivity contribution < 1.29 is 17.6 Å². The Morgan fingerprint density at radius 1 is 1.03 bits per heavy atom. The molecule has 4 rings (SSSR count). The molecule has 8 heteroatoms. The van der Waals surface area contributed by atoms with Gasteiger partial charge in [-0.1, -0.05) is 41.4 Å². The van der Waals surface area contributed by atoms with Crippen LogP contribution in [0.4, 0.5) is 10.1 Å². The number of carbonyl (C=O) groups is 1. The third-order valence-corrected chi connectivity index (χ3v) is 7.63. The molecule has 1 aliphatic heterocycles. The Morgan fingerprint density at radius 3 is 2.48 bits per heavy atom. The van der Waals surface area contributed by atoms with Gasteiger partial charge < -0.3 is 0 Å². The average Bonchev–Trinajstić information content (AvgIpc) is 2.73. The summed E-state index contributed by atoms with van der Waals surface area (Å²) < 4.78 is 42.0. The number of ketones is 1. The highest BCUT2D eigenvalue weighted by molar-refractivity contribution is 7.92. The number of Topliss-reactive ketones (excluding diaryl/α,β-unsaturated/α-hetero) is 1. The molecule has 0 saturated carbocycles. The summed E-state index contributed by atoms with van der Waals surface area (Å²) in [6.07, 6.45) is 1.32. The van der Waals surface area contributed by atoms with Crippen molar-refractivity contribution in [3.8, 4) is 0 Å². The van der Waals surface area contributed by atoms with E-state index >= 15 is 0 Å². The highest BCUT2D eigenvalue weighted by Crippen LogP contribution is 2.33. The minimum Gasteiger partial charge on any atom is -0.294 e. The second-order valence-electron chi connectivity index (χ2n) is 7.29. The van der Waals surface area contributed by atoms with Gasteiger partial charge in [0.2, 0.25) is 0 Å². The number of anilines is 1. The first kappa shape index (κ1) is 21.8. The third-order valence-electron chi connectivity index (χ3n) is 5.23. The number of halogens is 3. The summed E-state index contributed by atoms with van der Waals surface area (Å²) in [4.78, 5) is 12.8. The third kappa shape index (κ3) is 4.33. The maximum absolute atomic E-state index is 14.1. The summed E-state index contributed by atoms with van der Waals surface area (Å²) in [6, 6.07) is 15.4. The molecule has 0 radical (unpaired) electrons. The van der Waals surface area contributed by atoms with Crippen LogP contribution in [0, 0.1) is 5.82 Å². The Labute approximate surface area is 190 Å². The Balaban J connectivity index is 1.68. The molecule has 3 aromatic rings. The number of fused-ring (bicyclic) bond motifs is 1. The smallest absolute Gasteiger partial charge is 0.264 e. The molecule has 0 fully saturated rings. The molecule has 31 heavy (non-hydrogen) atoms. The van der Waals surface area contributed by atoms with Crippen molar-refractivity contribution in [3.05, 3.63) is 93.2 Å². The van der Waals surface area contributed by atoms with Gasteiger partial charge in [0, 0.05) is 18.0 Å². The van der Waals surface area contributed by atoms with Crippen LogP contribution >= 0.6 is 23.2 Å². The zero-order valence-electron chi connectivity index (χ0n) is 16.3. The van der Waals surface area contributed by atoms with Crippen molar-refractivity contribution in [3.63, 3.8) is 0 Å². The second-order valence-corrected chi connectivity index (χ2v) is 10.0. The van der Waals surface area contributed by atoms with E-state index in [9.17, 15) is 17.6 Å². The first-order valence-corrected chi connectivity index (χ1v) is 11.8. The van der Waals surface area contributed by atoms with Crippen molar-refractivity contribution in [1.29, 1.82) is 0 Å². The zero-order valence-corrected chi connectivity index (χ0v) is 18.6. The number of rotatable bonds is 5. The minimum absolute atomic E-state index is 0.0508. The van der Waals surface area contributed by atoms with Gasteiger partial charge in [0.25, 0.3) is 10.0 Å². The van der Waals surface area contributed by atoms with E-state index in [1.165, 1.54) is 46.8 Å². The van der Waals surface area contributed by atoms with E-state index in [-0.39, 0.29) is 21.9 Å². The van der Waals surface area contributed by atoms with Gasteiger partial charge in [0.05, 0.1) is 21.2 Å². The van der Waals surface area contributed by atoms with Crippen LogP contribution in [0.15, 0.2) is 65.6 Å². The van der Waals surface area contributed by atoms with Gasteiger partial charge >= 0.3 is 0 Å². The summed E-state index contributed by atoms with van der Waals surface area (Å²) in [5, 5.41) is 0.500. The standard InChI is InChI=1S/C23H18Cl2FNO3S/c24-17-8-10-18(11-9-17)31(29,30)27-12-2-3-16-7-6-15(13-21(16)27)14-22(28)23-19(25)4-1-5-20(23)26/h1,4-11,13H,2-3,12,14H2. The lowest BCUT2D eigenvalue weighted by Crippen LogP contribution is -2.35. The molecule has 0 aromatic heterocycles. The van der Waals surface area contributed by atoms with Crippen molar-refractivity contribution >= 4 is 44.7 Å². The predicted octanol–water partition coefficient (Wildman–Crippen LogP) is 5.70. The van der Waals surface area contributed by atoms with Gasteiger partial charge in [-0.2, -0.15) is 0 Å². The fraction of sp³-hybridized carbons (Fsp3) is 0.174. The van der Waals surface area contributed by atoms with Gasteiger partial charge in [0.1, 0.15) is 5.82 Å². The van der Waals surface area contributed by atoms with Crippen molar-refractivity contribution in [2.45, 2.75) is 24.2 Å². The van der Waals surface area contributed by atoms with E-state index in [0.717, 1.165) is 12.0 Å². The number of hydrogen-bond acceptors (Lipinski definition) is 3. The minimum atomic E-state index is -3.79. The molecule has 4 nitrogen and oxygen atoms in total. The van der Waals surface area contributed by atoms with Gasteiger partial charge in [0.15, 0.2) is 5.78 Å². The van der Waals surface area contributed by atoms with E-state index in [0.29, 0.717) is 29.2 Å². The number of aryl methyl sites for hydroxylation is 1. The van der Waals surface area contributed by atoms with Crippen LogP contribution in [0.3, 0.4) is 0 Å². The SMILES string of the molecule is O=C(Cc1ccc2c(c1)N(S(=O)(=O)c1ccc(Cl)cc1)CCC2)c1c(F)cccc1Cl. The van der Waals surface area contributed by atoms with Gasteiger partial charge in [-0.15, -0.1) is 0 Å². The van der Waals surface area contributed by atoms with E-state index in [2.05, 4.69) is 0 Å². The number of nitrogens with zero attached hydrogens (tertiary/aromatic N) is 1. The Bertz CT molecular complexity index is 1240. The van der Waals surface area contributed by atoms with Gasteiger partial charge in [-0.25, -0.2) is 12.8 Å². The molecule has 1 heterocycles. The number of benzene rings is 3. The summed E-state index contributed by atoms with van der Waals surface area (Å²) in [6.45, 7) is 0.328.